The highest BCUT2D eigenvalue weighted by molar-refractivity contribution is 9.10. The maximum atomic E-state index is 4.14. The Morgan fingerprint density at radius 3 is 2.93 bits per heavy atom. The van der Waals surface area contributed by atoms with Gasteiger partial charge in [-0.2, -0.15) is 0 Å². The van der Waals surface area contributed by atoms with Crippen molar-refractivity contribution in [1.82, 2.24) is 19.9 Å². The van der Waals surface area contributed by atoms with Crippen molar-refractivity contribution in [2.75, 3.05) is 7.05 Å². The van der Waals surface area contributed by atoms with Crippen LogP contribution < -0.4 is 5.32 Å². The fourth-order valence-corrected chi connectivity index (χ4v) is 1.64. The molecule has 0 saturated heterocycles. The van der Waals surface area contributed by atoms with Crippen molar-refractivity contribution < 1.29 is 0 Å². The van der Waals surface area contributed by atoms with Gasteiger partial charge < -0.3 is 5.32 Å². The fourth-order valence-electron chi connectivity index (χ4n) is 1.31. The summed E-state index contributed by atoms with van der Waals surface area (Å²) in [6.45, 7) is 2.05. The molecule has 2 rings (SSSR count). The SMILES string of the molecule is CNC(C)c1nnc2ccc(Br)cn12. The monoisotopic (exact) mass is 254 g/mol. The quantitative estimate of drug-likeness (QED) is 0.889. The molecular formula is C9H11BrN4. The zero-order valence-electron chi connectivity index (χ0n) is 8.03. The van der Waals surface area contributed by atoms with Gasteiger partial charge in [0.05, 0.1) is 6.04 Å². The highest BCUT2D eigenvalue weighted by Crippen LogP contribution is 2.15. The molecule has 0 aliphatic rings. The molecular weight excluding hydrogens is 244 g/mol. The summed E-state index contributed by atoms with van der Waals surface area (Å²) in [5, 5.41) is 11.4. The molecule has 0 bridgehead atoms. The van der Waals surface area contributed by atoms with Crippen LogP contribution in [0, 0.1) is 0 Å². The smallest absolute Gasteiger partial charge is 0.160 e. The Hall–Kier alpha value is -0.940. The molecule has 0 aromatic carbocycles. The van der Waals surface area contributed by atoms with Crippen LogP contribution in [0.25, 0.3) is 5.65 Å². The van der Waals surface area contributed by atoms with E-state index in [1.807, 2.05) is 29.8 Å². The van der Waals surface area contributed by atoms with Crippen LogP contribution in [0.5, 0.6) is 0 Å². The van der Waals surface area contributed by atoms with E-state index in [1.165, 1.54) is 0 Å². The molecule has 5 heteroatoms. The van der Waals surface area contributed by atoms with Crippen molar-refractivity contribution >= 4 is 21.6 Å². The lowest BCUT2D eigenvalue weighted by atomic mass is 10.3. The average Bonchev–Trinajstić information content (AvgIpc) is 2.59. The molecule has 0 radical (unpaired) electrons. The van der Waals surface area contributed by atoms with Crippen LogP contribution in [0.4, 0.5) is 0 Å². The minimum absolute atomic E-state index is 0.194. The molecule has 2 heterocycles. The van der Waals surface area contributed by atoms with Crippen molar-refractivity contribution in [2.24, 2.45) is 0 Å². The number of rotatable bonds is 2. The molecule has 0 aliphatic carbocycles. The van der Waals surface area contributed by atoms with E-state index in [4.69, 9.17) is 0 Å². The largest absolute Gasteiger partial charge is 0.311 e. The van der Waals surface area contributed by atoms with Gasteiger partial charge in [0.25, 0.3) is 0 Å². The molecule has 0 amide bonds. The summed E-state index contributed by atoms with van der Waals surface area (Å²) in [7, 11) is 1.91. The fraction of sp³-hybridized carbons (Fsp3) is 0.333. The van der Waals surface area contributed by atoms with E-state index in [2.05, 4.69) is 38.4 Å². The topological polar surface area (TPSA) is 42.2 Å². The highest BCUT2D eigenvalue weighted by Gasteiger charge is 2.10. The standard InChI is InChI=1S/C9H11BrN4/c1-6(11-2)9-13-12-8-4-3-7(10)5-14(8)9/h3-6,11H,1-2H3. The first-order valence-corrected chi connectivity index (χ1v) is 5.19. The molecule has 74 valence electrons. The summed E-state index contributed by atoms with van der Waals surface area (Å²) in [4.78, 5) is 0. The summed E-state index contributed by atoms with van der Waals surface area (Å²) >= 11 is 3.43. The Kier molecular flexibility index (Phi) is 2.52. The second-order valence-corrected chi connectivity index (χ2v) is 4.06. The minimum atomic E-state index is 0.194. The van der Waals surface area contributed by atoms with Gasteiger partial charge in [-0.05, 0) is 42.0 Å². The van der Waals surface area contributed by atoms with Crippen LogP contribution in [0.3, 0.4) is 0 Å². The van der Waals surface area contributed by atoms with Crippen molar-refractivity contribution in [2.45, 2.75) is 13.0 Å². The summed E-state index contributed by atoms with van der Waals surface area (Å²) in [5.41, 5.74) is 0.866. The normalized spacial score (nSPS) is 13.4. The van der Waals surface area contributed by atoms with Crippen LogP contribution >= 0.6 is 15.9 Å². The second-order valence-electron chi connectivity index (χ2n) is 3.14. The maximum Gasteiger partial charge on any atom is 0.160 e. The van der Waals surface area contributed by atoms with E-state index in [0.29, 0.717) is 0 Å². The lowest BCUT2D eigenvalue weighted by Gasteiger charge is -2.07. The van der Waals surface area contributed by atoms with E-state index in [0.717, 1.165) is 15.9 Å². The number of pyridine rings is 1. The molecule has 14 heavy (non-hydrogen) atoms. The molecule has 0 spiro atoms. The molecule has 2 aromatic rings. The Morgan fingerprint density at radius 2 is 2.21 bits per heavy atom. The predicted octanol–water partition coefficient (Wildman–Crippen LogP) is 1.77. The summed E-state index contributed by atoms with van der Waals surface area (Å²) in [6.07, 6.45) is 1.97. The van der Waals surface area contributed by atoms with Gasteiger partial charge in [0.1, 0.15) is 0 Å². The molecule has 2 aromatic heterocycles. The van der Waals surface area contributed by atoms with Gasteiger partial charge in [0, 0.05) is 10.7 Å². The second kappa shape index (κ2) is 3.67. The first-order chi connectivity index (χ1) is 6.72. The first-order valence-electron chi connectivity index (χ1n) is 4.40. The van der Waals surface area contributed by atoms with Crippen molar-refractivity contribution in [3.8, 4) is 0 Å². The van der Waals surface area contributed by atoms with E-state index in [9.17, 15) is 0 Å². The lowest BCUT2D eigenvalue weighted by Crippen LogP contribution is -2.15. The minimum Gasteiger partial charge on any atom is -0.311 e. The third kappa shape index (κ3) is 1.53. The third-order valence-electron chi connectivity index (χ3n) is 2.21. The van der Waals surface area contributed by atoms with Crippen LogP contribution in [0.1, 0.15) is 18.8 Å². The van der Waals surface area contributed by atoms with E-state index in [1.54, 1.807) is 0 Å². The van der Waals surface area contributed by atoms with E-state index < -0.39 is 0 Å². The van der Waals surface area contributed by atoms with Gasteiger partial charge in [-0.3, -0.25) is 4.40 Å². The number of fused-ring (bicyclic) bond motifs is 1. The van der Waals surface area contributed by atoms with Crippen LogP contribution in [0.2, 0.25) is 0 Å². The Morgan fingerprint density at radius 1 is 1.43 bits per heavy atom. The van der Waals surface area contributed by atoms with Gasteiger partial charge in [-0.1, -0.05) is 0 Å². The Bertz CT molecular complexity index is 451. The van der Waals surface area contributed by atoms with Crippen molar-refractivity contribution in [3.63, 3.8) is 0 Å². The van der Waals surface area contributed by atoms with Gasteiger partial charge in [0.2, 0.25) is 0 Å². The molecule has 0 fully saturated rings. The third-order valence-corrected chi connectivity index (χ3v) is 2.68. The number of nitrogens with one attached hydrogen (secondary N) is 1. The molecule has 4 nitrogen and oxygen atoms in total. The van der Waals surface area contributed by atoms with Crippen LogP contribution in [0.15, 0.2) is 22.8 Å². The molecule has 0 saturated carbocycles. The van der Waals surface area contributed by atoms with Crippen LogP contribution in [-0.4, -0.2) is 21.6 Å². The average molecular weight is 255 g/mol. The van der Waals surface area contributed by atoms with Gasteiger partial charge >= 0.3 is 0 Å². The molecule has 1 atom stereocenters. The number of hydrogen-bond acceptors (Lipinski definition) is 3. The van der Waals surface area contributed by atoms with Crippen LogP contribution in [-0.2, 0) is 0 Å². The Labute approximate surface area is 90.5 Å². The first kappa shape index (κ1) is 9.61. The van der Waals surface area contributed by atoms with E-state index >= 15 is 0 Å². The summed E-state index contributed by atoms with van der Waals surface area (Å²) in [5.74, 6) is 0.920. The van der Waals surface area contributed by atoms with Crippen molar-refractivity contribution in [1.29, 1.82) is 0 Å². The maximum absolute atomic E-state index is 4.14. The van der Waals surface area contributed by atoms with Crippen molar-refractivity contribution in [3.05, 3.63) is 28.6 Å². The number of aromatic nitrogens is 3. The summed E-state index contributed by atoms with van der Waals surface area (Å²) < 4.78 is 3.00. The van der Waals surface area contributed by atoms with Gasteiger partial charge in [-0.15, -0.1) is 10.2 Å². The predicted molar refractivity (Wildman–Crippen MR) is 58.2 cm³/mol. The molecule has 1 unspecified atom stereocenters. The zero-order valence-corrected chi connectivity index (χ0v) is 9.62. The molecule has 0 aliphatic heterocycles. The number of hydrogen-bond donors (Lipinski definition) is 1. The molecule has 1 N–H and O–H groups in total. The number of halogens is 1. The lowest BCUT2D eigenvalue weighted by molar-refractivity contribution is 0.603. The van der Waals surface area contributed by atoms with Gasteiger partial charge in [-0.25, -0.2) is 0 Å². The highest BCUT2D eigenvalue weighted by atomic mass is 79.9. The van der Waals surface area contributed by atoms with E-state index in [-0.39, 0.29) is 6.04 Å². The summed E-state index contributed by atoms with van der Waals surface area (Å²) in [6, 6.07) is 4.08. The Balaban J connectivity index is 2.61. The number of nitrogens with zero attached hydrogens (tertiary/aromatic N) is 3. The van der Waals surface area contributed by atoms with Gasteiger partial charge in [0.15, 0.2) is 11.5 Å². The zero-order chi connectivity index (χ0) is 10.1.